The number of alkyl halides is 1. The monoisotopic (exact) mass is 313 g/mol. The van der Waals surface area contributed by atoms with Gasteiger partial charge in [-0.2, -0.15) is 0 Å². The number of pyridine rings is 1. The molecule has 0 aromatic carbocycles. The van der Waals surface area contributed by atoms with Crippen molar-refractivity contribution in [2.45, 2.75) is 12.0 Å². The minimum atomic E-state index is -0.334. The Morgan fingerprint density at radius 2 is 2.18 bits per heavy atom. The zero-order valence-corrected chi connectivity index (χ0v) is 12.2. The summed E-state index contributed by atoms with van der Waals surface area (Å²) in [5.74, 6) is 1.16. The predicted molar refractivity (Wildman–Crippen MR) is 85.2 cm³/mol. The molecular formula is C14H12ClN7. The molecule has 0 radical (unpaired) electrons. The Kier molecular flexibility index (Phi) is 2.93. The van der Waals surface area contributed by atoms with E-state index in [9.17, 15) is 0 Å². The molecule has 3 aromatic heterocycles. The molecule has 8 heteroatoms. The highest BCUT2D eigenvalue weighted by Gasteiger charge is 2.20. The highest BCUT2D eigenvalue weighted by Crippen LogP contribution is 2.28. The molecule has 3 N–H and O–H groups in total. The van der Waals surface area contributed by atoms with Crippen molar-refractivity contribution in [1.29, 1.82) is 0 Å². The Labute approximate surface area is 130 Å². The molecule has 0 aliphatic carbocycles. The largest absolute Gasteiger partial charge is 0.382 e. The lowest BCUT2D eigenvalue weighted by atomic mass is 10.1. The number of halogens is 1. The standard InChI is InChI=1S/C14H12ClN7/c15-11-9(4-8-2-1-3-17-13(8)21-11)5-22-7-20-10-12(16)18-6-19-14(10)22/h1-4,6-7,11H,5H2,(H,17,21)(H2,16,18,19). The molecule has 1 atom stereocenters. The van der Waals surface area contributed by atoms with Crippen molar-refractivity contribution in [3.63, 3.8) is 0 Å². The molecule has 7 nitrogen and oxygen atoms in total. The van der Waals surface area contributed by atoms with E-state index in [1.807, 2.05) is 22.8 Å². The SMILES string of the molecule is Nc1ncnc2c1ncn2CC1=Cc2cccnc2NC1Cl. The molecule has 0 saturated carbocycles. The van der Waals surface area contributed by atoms with Crippen molar-refractivity contribution >= 4 is 40.5 Å². The van der Waals surface area contributed by atoms with Gasteiger partial charge in [-0.1, -0.05) is 11.6 Å². The van der Waals surface area contributed by atoms with E-state index in [0.717, 1.165) is 17.0 Å². The van der Waals surface area contributed by atoms with Crippen LogP contribution in [0.1, 0.15) is 5.56 Å². The van der Waals surface area contributed by atoms with Gasteiger partial charge in [0.1, 0.15) is 23.2 Å². The van der Waals surface area contributed by atoms with Crippen LogP contribution in [0.4, 0.5) is 11.6 Å². The van der Waals surface area contributed by atoms with Crippen molar-refractivity contribution in [2.75, 3.05) is 11.1 Å². The molecule has 0 amide bonds. The quantitative estimate of drug-likeness (QED) is 0.554. The number of hydrogen-bond donors (Lipinski definition) is 2. The maximum atomic E-state index is 6.40. The third-order valence-electron chi connectivity index (χ3n) is 3.55. The highest BCUT2D eigenvalue weighted by atomic mass is 35.5. The van der Waals surface area contributed by atoms with Gasteiger partial charge in [0, 0.05) is 11.8 Å². The van der Waals surface area contributed by atoms with Gasteiger partial charge in [-0.15, -0.1) is 0 Å². The first kappa shape index (κ1) is 13.0. The molecule has 3 aromatic rings. The van der Waals surface area contributed by atoms with Crippen molar-refractivity contribution in [1.82, 2.24) is 24.5 Å². The normalized spacial score (nSPS) is 17.0. The number of nitrogen functional groups attached to an aromatic ring is 1. The first-order valence-corrected chi connectivity index (χ1v) is 7.13. The summed E-state index contributed by atoms with van der Waals surface area (Å²) in [6.45, 7) is 0.558. The van der Waals surface area contributed by atoms with Crippen LogP contribution in [-0.2, 0) is 6.54 Å². The number of fused-ring (bicyclic) bond motifs is 2. The van der Waals surface area contributed by atoms with Crippen LogP contribution in [0, 0.1) is 0 Å². The van der Waals surface area contributed by atoms with Gasteiger partial charge in [0.05, 0.1) is 12.9 Å². The number of aromatic nitrogens is 5. The maximum Gasteiger partial charge on any atom is 0.165 e. The lowest BCUT2D eigenvalue weighted by Crippen LogP contribution is -2.23. The lowest BCUT2D eigenvalue weighted by molar-refractivity contribution is 0.776. The van der Waals surface area contributed by atoms with Crippen LogP contribution < -0.4 is 11.1 Å². The fraction of sp³-hybridized carbons (Fsp3) is 0.143. The van der Waals surface area contributed by atoms with Crippen LogP contribution in [0.2, 0.25) is 0 Å². The molecule has 4 rings (SSSR count). The Balaban J connectivity index is 1.74. The van der Waals surface area contributed by atoms with Gasteiger partial charge in [0.25, 0.3) is 0 Å². The van der Waals surface area contributed by atoms with Gasteiger partial charge in [-0.25, -0.2) is 19.9 Å². The topological polar surface area (TPSA) is 94.5 Å². The van der Waals surface area contributed by atoms with E-state index in [2.05, 4.69) is 25.3 Å². The fourth-order valence-corrected chi connectivity index (χ4v) is 2.71. The summed E-state index contributed by atoms with van der Waals surface area (Å²) >= 11 is 6.40. The Morgan fingerprint density at radius 1 is 1.27 bits per heavy atom. The number of nitrogens with zero attached hydrogens (tertiary/aromatic N) is 5. The van der Waals surface area contributed by atoms with E-state index in [4.69, 9.17) is 17.3 Å². The van der Waals surface area contributed by atoms with Crippen LogP contribution in [-0.4, -0.2) is 30.0 Å². The molecule has 0 saturated heterocycles. The van der Waals surface area contributed by atoms with Crippen LogP contribution in [0.15, 0.2) is 36.6 Å². The fourth-order valence-electron chi connectivity index (χ4n) is 2.48. The second-order valence-electron chi connectivity index (χ2n) is 4.97. The average Bonchev–Trinajstić information content (AvgIpc) is 2.93. The van der Waals surface area contributed by atoms with E-state index in [0.29, 0.717) is 23.5 Å². The van der Waals surface area contributed by atoms with Crippen molar-refractivity contribution in [2.24, 2.45) is 0 Å². The summed E-state index contributed by atoms with van der Waals surface area (Å²) in [6, 6.07) is 3.88. The molecule has 1 unspecified atom stereocenters. The minimum absolute atomic E-state index is 0.334. The second kappa shape index (κ2) is 4.96. The predicted octanol–water partition coefficient (Wildman–Crippen LogP) is 1.88. The first-order chi connectivity index (χ1) is 10.7. The number of nitrogens with one attached hydrogen (secondary N) is 1. The van der Waals surface area contributed by atoms with Gasteiger partial charge >= 0.3 is 0 Å². The van der Waals surface area contributed by atoms with E-state index < -0.39 is 0 Å². The number of anilines is 2. The summed E-state index contributed by atoms with van der Waals surface area (Å²) in [7, 11) is 0. The van der Waals surface area contributed by atoms with Gasteiger partial charge < -0.3 is 15.6 Å². The van der Waals surface area contributed by atoms with Crippen LogP contribution in [0.3, 0.4) is 0 Å². The van der Waals surface area contributed by atoms with E-state index >= 15 is 0 Å². The summed E-state index contributed by atoms with van der Waals surface area (Å²) in [5.41, 5.74) is 8.76. The number of rotatable bonds is 2. The molecule has 0 spiro atoms. The average molecular weight is 314 g/mol. The number of hydrogen-bond acceptors (Lipinski definition) is 6. The Hall–Kier alpha value is -2.67. The van der Waals surface area contributed by atoms with Gasteiger partial charge in [0.15, 0.2) is 11.5 Å². The number of imidazole rings is 1. The molecule has 1 aliphatic heterocycles. The lowest BCUT2D eigenvalue weighted by Gasteiger charge is -2.23. The highest BCUT2D eigenvalue weighted by molar-refractivity contribution is 6.24. The van der Waals surface area contributed by atoms with Gasteiger partial charge in [-0.05, 0) is 23.8 Å². The molecule has 110 valence electrons. The Morgan fingerprint density at radius 3 is 3.09 bits per heavy atom. The zero-order chi connectivity index (χ0) is 15.1. The molecule has 22 heavy (non-hydrogen) atoms. The van der Waals surface area contributed by atoms with Crippen LogP contribution in [0.25, 0.3) is 17.2 Å². The first-order valence-electron chi connectivity index (χ1n) is 6.70. The van der Waals surface area contributed by atoms with Crippen LogP contribution in [0.5, 0.6) is 0 Å². The van der Waals surface area contributed by atoms with Crippen molar-refractivity contribution < 1.29 is 0 Å². The molecule has 1 aliphatic rings. The Bertz CT molecular complexity index is 886. The van der Waals surface area contributed by atoms with E-state index in [1.165, 1.54) is 6.33 Å². The summed E-state index contributed by atoms with van der Waals surface area (Å²) < 4.78 is 1.90. The number of nitrogens with two attached hydrogens (primary N) is 1. The molecule has 0 bridgehead atoms. The van der Waals surface area contributed by atoms with Gasteiger partial charge in [-0.3, -0.25) is 0 Å². The molecular weight excluding hydrogens is 302 g/mol. The molecule has 0 fully saturated rings. The van der Waals surface area contributed by atoms with Crippen molar-refractivity contribution in [3.8, 4) is 0 Å². The summed E-state index contributed by atoms with van der Waals surface area (Å²) in [5, 5.41) is 3.18. The molecule has 4 heterocycles. The van der Waals surface area contributed by atoms with E-state index in [1.54, 1.807) is 12.5 Å². The van der Waals surface area contributed by atoms with Crippen molar-refractivity contribution in [3.05, 3.63) is 42.1 Å². The summed E-state index contributed by atoms with van der Waals surface area (Å²) in [4.78, 5) is 16.7. The minimum Gasteiger partial charge on any atom is -0.382 e. The third-order valence-corrected chi connectivity index (χ3v) is 3.94. The van der Waals surface area contributed by atoms with E-state index in [-0.39, 0.29) is 5.50 Å². The zero-order valence-electron chi connectivity index (χ0n) is 11.4. The van der Waals surface area contributed by atoms with Gasteiger partial charge in [0.2, 0.25) is 0 Å². The maximum absolute atomic E-state index is 6.40. The third kappa shape index (κ3) is 2.06. The van der Waals surface area contributed by atoms with Crippen LogP contribution >= 0.6 is 11.6 Å². The second-order valence-corrected chi connectivity index (χ2v) is 5.41. The summed E-state index contributed by atoms with van der Waals surface area (Å²) in [6.07, 6.45) is 6.89. The smallest absolute Gasteiger partial charge is 0.165 e.